The predicted octanol–water partition coefficient (Wildman–Crippen LogP) is 9.39. The van der Waals surface area contributed by atoms with Crippen LogP contribution in [0.1, 0.15) is 85.3 Å². The molecule has 0 aliphatic carbocycles. The normalized spacial score (nSPS) is 16.0. The van der Waals surface area contributed by atoms with Gasteiger partial charge in [-0.2, -0.15) is 0 Å². The van der Waals surface area contributed by atoms with Crippen molar-refractivity contribution in [1.82, 2.24) is 4.98 Å². The minimum absolute atomic E-state index is 0.0824. The van der Waals surface area contributed by atoms with E-state index >= 15 is 0 Å². The number of aromatic nitrogens is 1. The summed E-state index contributed by atoms with van der Waals surface area (Å²) in [6.07, 6.45) is 7.42. The van der Waals surface area contributed by atoms with E-state index in [-0.39, 0.29) is 17.4 Å². The summed E-state index contributed by atoms with van der Waals surface area (Å²) >= 11 is 0. The molecule has 0 aliphatic heterocycles. The van der Waals surface area contributed by atoms with Gasteiger partial charge < -0.3 is 4.74 Å². The van der Waals surface area contributed by atoms with Crippen molar-refractivity contribution in [2.75, 3.05) is 6.67 Å². The minimum atomic E-state index is -0.800. The number of hydrogen-bond donors (Lipinski definition) is 0. The quantitative estimate of drug-likeness (QED) is 0.283. The molecule has 0 aliphatic rings. The maximum absolute atomic E-state index is 14.4. The maximum Gasteiger partial charge on any atom is 0.103 e. The summed E-state index contributed by atoms with van der Waals surface area (Å²) in [4.78, 5) is 4.57. The van der Waals surface area contributed by atoms with Gasteiger partial charge in [-0.05, 0) is 61.3 Å². The van der Waals surface area contributed by atoms with E-state index in [4.69, 9.17) is 4.74 Å². The zero-order chi connectivity index (χ0) is 26.2. The minimum Gasteiger partial charge on any atom is -0.362 e. The first-order chi connectivity index (χ1) is 16.5. The monoisotopic (exact) mass is 479 g/mol. The Balaban J connectivity index is 2.57. The summed E-state index contributed by atoms with van der Waals surface area (Å²) in [7, 11) is 0. The topological polar surface area (TPSA) is 22.1 Å². The van der Waals surface area contributed by atoms with E-state index in [2.05, 4.69) is 82.6 Å². The van der Waals surface area contributed by atoms with Crippen LogP contribution >= 0.6 is 0 Å². The van der Waals surface area contributed by atoms with Gasteiger partial charge in [0.05, 0.1) is 18.5 Å². The molecule has 1 heterocycles. The number of ether oxygens (including phenoxy) is 1. The fourth-order valence-corrected chi connectivity index (χ4v) is 4.79. The van der Waals surface area contributed by atoms with Gasteiger partial charge in [0.25, 0.3) is 0 Å². The lowest BCUT2D eigenvalue weighted by Gasteiger charge is -2.43. The average Bonchev–Trinajstić information content (AvgIpc) is 2.80. The highest BCUT2D eigenvalue weighted by atomic mass is 19.1. The van der Waals surface area contributed by atoms with Gasteiger partial charge >= 0.3 is 0 Å². The molecule has 0 saturated heterocycles. The summed E-state index contributed by atoms with van der Waals surface area (Å²) in [6.45, 7) is 20.8. The van der Waals surface area contributed by atoms with Gasteiger partial charge in [-0.1, -0.05) is 83.5 Å². The Morgan fingerprint density at radius 2 is 1.74 bits per heavy atom. The smallest absolute Gasteiger partial charge is 0.103 e. The molecule has 0 radical (unpaired) electrons. The van der Waals surface area contributed by atoms with E-state index in [0.717, 1.165) is 47.2 Å². The summed E-state index contributed by atoms with van der Waals surface area (Å²) < 4.78 is 21.5. The number of alkyl halides is 1. The van der Waals surface area contributed by atoms with Crippen molar-refractivity contribution < 1.29 is 9.13 Å². The predicted molar refractivity (Wildman–Crippen MR) is 148 cm³/mol. The molecule has 2 rings (SSSR count). The molecular formula is C32H46FNO. The first-order valence-electron chi connectivity index (χ1n) is 13.1. The third-order valence-corrected chi connectivity index (χ3v) is 6.51. The second kappa shape index (κ2) is 12.6. The van der Waals surface area contributed by atoms with Crippen molar-refractivity contribution in [2.45, 2.75) is 92.8 Å². The molecule has 1 aromatic carbocycles. The van der Waals surface area contributed by atoms with E-state index in [9.17, 15) is 4.39 Å². The molecule has 192 valence electrons. The van der Waals surface area contributed by atoms with E-state index in [1.165, 1.54) is 5.57 Å². The molecular weight excluding hydrogens is 433 g/mol. The third kappa shape index (κ3) is 7.87. The molecule has 2 unspecified atom stereocenters. The average molecular weight is 480 g/mol. The Hall–Kier alpha value is -2.26. The number of allylic oxidation sites excluding steroid dienone is 1. The number of hydrogen-bond acceptors (Lipinski definition) is 2. The zero-order valence-corrected chi connectivity index (χ0v) is 23.2. The second-order valence-electron chi connectivity index (χ2n) is 11.3. The highest BCUT2D eigenvalue weighted by Gasteiger charge is 2.42. The van der Waals surface area contributed by atoms with E-state index in [1.807, 2.05) is 33.0 Å². The van der Waals surface area contributed by atoms with Crippen LogP contribution in [0.5, 0.6) is 0 Å². The maximum atomic E-state index is 14.4. The van der Waals surface area contributed by atoms with Crippen LogP contribution in [-0.4, -0.2) is 17.8 Å². The number of halogens is 1. The molecule has 3 heteroatoms. The van der Waals surface area contributed by atoms with Gasteiger partial charge in [0.2, 0.25) is 0 Å². The summed E-state index contributed by atoms with van der Waals surface area (Å²) in [5.41, 5.74) is 5.73. The Morgan fingerprint density at radius 1 is 1.09 bits per heavy atom. The summed E-state index contributed by atoms with van der Waals surface area (Å²) in [5.74, 6) is -0.325. The second-order valence-corrected chi connectivity index (χ2v) is 11.3. The highest BCUT2D eigenvalue weighted by Crippen LogP contribution is 2.43. The summed E-state index contributed by atoms with van der Waals surface area (Å²) in [6, 6.07) is 12.4. The highest BCUT2D eigenvalue weighted by molar-refractivity contribution is 5.59. The number of pyridine rings is 1. The number of rotatable bonds is 12. The van der Waals surface area contributed by atoms with E-state index in [1.54, 1.807) is 0 Å². The third-order valence-electron chi connectivity index (χ3n) is 6.51. The molecule has 0 N–H and O–H groups in total. The SMILES string of the molecule is C=C(C)CC(O[C@H](CC)/C(=C\CC)CC(C)(C)C)(c1ccc(-c2ccc(C)cn2)cc1)C(C)CF. The van der Waals surface area contributed by atoms with E-state index < -0.39 is 12.3 Å². The fraction of sp³-hybridized carbons (Fsp3) is 0.531. The van der Waals surface area contributed by atoms with Crippen molar-refractivity contribution in [3.63, 3.8) is 0 Å². The molecule has 1 aromatic heterocycles. The Morgan fingerprint density at radius 3 is 2.20 bits per heavy atom. The Bertz CT molecular complexity index is 968. The molecule has 35 heavy (non-hydrogen) atoms. The molecule has 0 bridgehead atoms. The molecule has 2 nitrogen and oxygen atoms in total. The molecule has 0 fully saturated rings. The Labute approximate surface area is 213 Å². The van der Waals surface area contributed by atoms with Crippen LogP contribution in [0.15, 0.2) is 66.4 Å². The molecule has 2 aromatic rings. The summed E-state index contributed by atoms with van der Waals surface area (Å²) in [5, 5.41) is 0. The lowest BCUT2D eigenvalue weighted by Crippen LogP contribution is -2.42. The van der Waals surface area contributed by atoms with Gasteiger partial charge in [-0.25, -0.2) is 0 Å². The van der Waals surface area contributed by atoms with Gasteiger partial charge in [0.15, 0.2) is 0 Å². The van der Waals surface area contributed by atoms with Gasteiger partial charge in [0, 0.05) is 24.1 Å². The van der Waals surface area contributed by atoms with Gasteiger partial charge in [-0.15, -0.1) is 6.58 Å². The number of aryl methyl sites for hydroxylation is 1. The largest absolute Gasteiger partial charge is 0.362 e. The van der Waals surface area contributed by atoms with E-state index in [0.29, 0.717) is 6.42 Å². The standard InChI is InChI=1S/C32H46FNO/c1-10-12-27(20-31(7,8)9)30(11-2)35-32(19-23(3)4,25(6)21-33)28-16-14-26(15-17-28)29-18-13-24(5)22-34-29/h12-18,22,25,30H,3,10-11,19-21H2,1-2,4-9H3/b27-12-/t25?,30-,32?/m1/s1. The van der Waals surface area contributed by atoms with Crippen molar-refractivity contribution in [2.24, 2.45) is 11.3 Å². The van der Waals surface area contributed by atoms with Crippen LogP contribution < -0.4 is 0 Å². The van der Waals surface area contributed by atoms with Crippen LogP contribution in [0.3, 0.4) is 0 Å². The van der Waals surface area contributed by atoms with Crippen molar-refractivity contribution in [3.05, 3.63) is 77.5 Å². The molecule has 0 saturated carbocycles. The van der Waals surface area contributed by atoms with Crippen molar-refractivity contribution >= 4 is 0 Å². The van der Waals surface area contributed by atoms with Crippen LogP contribution in [0.2, 0.25) is 0 Å². The molecule has 3 atom stereocenters. The van der Waals surface area contributed by atoms with Crippen molar-refractivity contribution in [1.29, 1.82) is 0 Å². The number of nitrogens with zero attached hydrogens (tertiary/aromatic N) is 1. The zero-order valence-electron chi connectivity index (χ0n) is 23.2. The van der Waals surface area contributed by atoms with Gasteiger partial charge in [-0.3, -0.25) is 9.37 Å². The molecule has 0 amide bonds. The number of benzene rings is 1. The first-order valence-corrected chi connectivity index (χ1v) is 13.1. The Kier molecular flexibility index (Phi) is 10.5. The van der Waals surface area contributed by atoms with Crippen molar-refractivity contribution in [3.8, 4) is 11.3 Å². The fourth-order valence-electron chi connectivity index (χ4n) is 4.79. The lowest BCUT2D eigenvalue weighted by atomic mass is 9.77. The van der Waals surface area contributed by atoms with Crippen LogP contribution in [-0.2, 0) is 10.3 Å². The van der Waals surface area contributed by atoms with Crippen LogP contribution in [0, 0.1) is 18.3 Å². The van der Waals surface area contributed by atoms with Crippen LogP contribution in [0.25, 0.3) is 11.3 Å². The lowest BCUT2D eigenvalue weighted by molar-refractivity contribution is -0.125. The van der Waals surface area contributed by atoms with Gasteiger partial charge in [0.1, 0.15) is 5.60 Å². The molecule has 0 spiro atoms. The van der Waals surface area contributed by atoms with Crippen LogP contribution in [0.4, 0.5) is 4.39 Å². The first kappa shape index (κ1) is 29.0.